The van der Waals surface area contributed by atoms with Gasteiger partial charge in [0.15, 0.2) is 0 Å². The largest absolute Gasteiger partial charge is 0.452 e. The molecule has 0 aromatic rings. The van der Waals surface area contributed by atoms with E-state index in [-0.39, 0.29) is 13.0 Å². The summed E-state index contributed by atoms with van der Waals surface area (Å²) in [4.78, 5) is 10.5. The van der Waals surface area contributed by atoms with Crippen molar-refractivity contribution in [2.24, 2.45) is 0 Å². The molecule has 0 saturated heterocycles. The molecule has 0 aliphatic heterocycles. The van der Waals surface area contributed by atoms with Crippen LogP contribution in [-0.2, 0) is 14.9 Å². The van der Waals surface area contributed by atoms with Crippen molar-refractivity contribution >= 4 is 16.3 Å². The summed E-state index contributed by atoms with van der Waals surface area (Å²) in [5.74, 6) is 0. The molecule has 0 spiro atoms. The molecule has 7 nitrogen and oxygen atoms in total. The minimum absolute atomic E-state index is 0.0456. The third-order valence-electron chi connectivity index (χ3n) is 1.26. The number of aliphatic hydroxyl groups is 1. The highest BCUT2D eigenvalue weighted by molar-refractivity contribution is 7.88. The average molecular weight is 226 g/mol. The summed E-state index contributed by atoms with van der Waals surface area (Å²) in [6.07, 6.45) is -1.40. The van der Waals surface area contributed by atoms with Crippen LogP contribution >= 0.6 is 0 Å². The molecule has 84 valence electrons. The number of aliphatic hydroxyl groups excluding tert-OH is 1. The fourth-order valence-electron chi connectivity index (χ4n) is 0.590. The molecule has 1 unspecified atom stereocenters. The Labute approximate surface area is 82.6 Å². The van der Waals surface area contributed by atoms with E-state index in [0.29, 0.717) is 0 Å². The lowest BCUT2D eigenvalue weighted by molar-refractivity contribution is 0.177. The fourth-order valence-corrected chi connectivity index (χ4v) is 1.35. The van der Waals surface area contributed by atoms with E-state index in [0.717, 1.165) is 7.11 Å². The van der Waals surface area contributed by atoms with Gasteiger partial charge in [0.1, 0.15) is 0 Å². The SMILES string of the molecule is COC(=O)NS(=O)(=O)NCCC(C)O. The number of ether oxygens (including phenoxy) is 1. The van der Waals surface area contributed by atoms with Crippen LogP contribution in [0.5, 0.6) is 0 Å². The molecule has 3 N–H and O–H groups in total. The third-order valence-corrected chi connectivity index (χ3v) is 2.28. The van der Waals surface area contributed by atoms with Gasteiger partial charge in [-0.15, -0.1) is 0 Å². The summed E-state index contributed by atoms with van der Waals surface area (Å²) in [6, 6.07) is 0. The van der Waals surface area contributed by atoms with Gasteiger partial charge in [0, 0.05) is 6.54 Å². The van der Waals surface area contributed by atoms with Crippen molar-refractivity contribution in [3.63, 3.8) is 0 Å². The standard InChI is InChI=1S/C6H14N2O5S/c1-5(9)3-4-7-14(11,12)8-6(10)13-2/h5,7,9H,3-4H2,1-2H3,(H,8,10). The van der Waals surface area contributed by atoms with E-state index in [1.807, 2.05) is 0 Å². The van der Waals surface area contributed by atoms with E-state index in [9.17, 15) is 13.2 Å². The van der Waals surface area contributed by atoms with Gasteiger partial charge in [-0.25, -0.2) is 9.52 Å². The number of rotatable bonds is 5. The second-order valence-electron chi connectivity index (χ2n) is 2.63. The van der Waals surface area contributed by atoms with Crippen molar-refractivity contribution in [1.29, 1.82) is 0 Å². The summed E-state index contributed by atoms with van der Waals surface area (Å²) in [5.41, 5.74) is 0. The van der Waals surface area contributed by atoms with Gasteiger partial charge in [0.05, 0.1) is 13.2 Å². The highest BCUT2D eigenvalue weighted by Gasteiger charge is 2.13. The zero-order chi connectivity index (χ0) is 11.2. The zero-order valence-corrected chi connectivity index (χ0v) is 8.80. The molecule has 0 aromatic carbocycles. The van der Waals surface area contributed by atoms with E-state index in [1.165, 1.54) is 6.92 Å². The summed E-state index contributed by atoms with van der Waals surface area (Å²) < 4.78 is 29.7. The summed E-state index contributed by atoms with van der Waals surface area (Å²) in [7, 11) is -2.82. The molecule has 1 atom stereocenters. The number of nitrogens with one attached hydrogen (secondary N) is 2. The predicted molar refractivity (Wildman–Crippen MR) is 48.8 cm³/mol. The average Bonchev–Trinajstić information content (AvgIpc) is 2.02. The molecular weight excluding hydrogens is 212 g/mol. The summed E-state index contributed by atoms with van der Waals surface area (Å²) in [5, 5.41) is 8.83. The number of hydrogen-bond donors (Lipinski definition) is 3. The summed E-state index contributed by atoms with van der Waals surface area (Å²) in [6.45, 7) is 1.58. The van der Waals surface area contributed by atoms with E-state index < -0.39 is 22.4 Å². The molecule has 8 heteroatoms. The Hall–Kier alpha value is -0.860. The second-order valence-corrected chi connectivity index (χ2v) is 4.13. The van der Waals surface area contributed by atoms with Gasteiger partial charge in [-0.05, 0) is 13.3 Å². The van der Waals surface area contributed by atoms with Crippen molar-refractivity contribution in [1.82, 2.24) is 9.44 Å². The van der Waals surface area contributed by atoms with Crippen molar-refractivity contribution in [3.05, 3.63) is 0 Å². The van der Waals surface area contributed by atoms with Crippen LogP contribution in [0.4, 0.5) is 4.79 Å². The minimum Gasteiger partial charge on any atom is -0.452 e. The molecule has 0 fully saturated rings. The van der Waals surface area contributed by atoms with Crippen molar-refractivity contribution in [2.75, 3.05) is 13.7 Å². The number of hydrogen-bond acceptors (Lipinski definition) is 5. The van der Waals surface area contributed by atoms with Gasteiger partial charge < -0.3 is 9.84 Å². The van der Waals surface area contributed by atoms with Crippen LogP contribution in [0.3, 0.4) is 0 Å². The lowest BCUT2D eigenvalue weighted by atomic mass is 10.3. The molecule has 0 saturated carbocycles. The van der Waals surface area contributed by atoms with Gasteiger partial charge in [-0.3, -0.25) is 0 Å². The lowest BCUT2D eigenvalue weighted by Crippen LogP contribution is -2.41. The topological polar surface area (TPSA) is 105 Å². The highest BCUT2D eigenvalue weighted by atomic mass is 32.2. The Morgan fingerprint density at radius 1 is 1.57 bits per heavy atom. The molecule has 0 bridgehead atoms. The van der Waals surface area contributed by atoms with E-state index in [4.69, 9.17) is 5.11 Å². The van der Waals surface area contributed by atoms with Crippen molar-refractivity contribution in [3.8, 4) is 0 Å². The van der Waals surface area contributed by atoms with E-state index in [1.54, 1.807) is 4.72 Å². The Bertz CT molecular complexity index is 274. The highest BCUT2D eigenvalue weighted by Crippen LogP contribution is 1.88. The van der Waals surface area contributed by atoms with Crippen LogP contribution in [0.15, 0.2) is 0 Å². The number of carbonyl (C=O) groups is 1. The first-order valence-corrected chi connectivity index (χ1v) is 5.39. The minimum atomic E-state index is -3.87. The molecule has 0 aliphatic rings. The van der Waals surface area contributed by atoms with Crippen LogP contribution in [0.1, 0.15) is 13.3 Å². The van der Waals surface area contributed by atoms with Crippen LogP contribution in [0.2, 0.25) is 0 Å². The molecule has 0 rings (SSSR count). The first-order chi connectivity index (χ1) is 6.37. The molecule has 14 heavy (non-hydrogen) atoms. The molecule has 0 radical (unpaired) electrons. The Kier molecular flexibility index (Phi) is 5.43. The Morgan fingerprint density at radius 2 is 2.14 bits per heavy atom. The normalized spacial score (nSPS) is 13.4. The second kappa shape index (κ2) is 5.78. The maximum Gasteiger partial charge on any atom is 0.421 e. The van der Waals surface area contributed by atoms with Gasteiger partial charge in [-0.1, -0.05) is 0 Å². The van der Waals surface area contributed by atoms with Crippen molar-refractivity contribution in [2.45, 2.75) is 19.4 Å². The predicted octanol–water partition coefficient (Wildman–Crippen LogP) is -1.05. The molecule has 1 amide bonds. The summed E-state index contributed by atoms with van der Waals surface area (Å²) >= 11 is 0. The van der Waals surface area contributed by atoms with Crippen LogP contribution < -0.4 is 9.44 Å². The van der Waals surface area contributed by atoms with Gasteiger partial charge in [0.2, 0.25) is 0 Å². The van der Waals surface area contributed by atoms with Gasteiger partial charge in [-0.2, -0.15) is 13.1 Å². The van der Waals surface area contributed by atoms with Gasteiger partial charge >= 0.3 is 16.3 Å². The molecule has 0 heterocycles. The Morgan fingerprint density at radius 3 is 2.57 bits per heavy atom. The quantitative estimate of drug-likeness (QED) is 0.554. The molecule has 0 aromatic heterocycles. The molecule has 0 aliphatic carbocycles. The number of methoxy groups -OCH3 is 1. The maximum absolute atomic E-state index is 11.0. The van der Waals surface area contributed by atoms with Crippen LogP contribution in [-0.4, -0.2) is 39.4 Å². The number of carbonyl (C=O) groups excluding carboxylic acids is 1. The number of amides is 1. The van der Waals surface area contributed by atoms with E-state index >= 15 is 0 Å². The first-order valence-electron chi connectivity index (χ1n) is 3.91. The van der Waals surface area contributed by atoms with E-state index in [2.05, 4.69) is 9.46 Å². The molecular formula is C6H14N2O5S. The third kappa shape index (κ3) is 6.63. The fraction of sp³-hybridized carbons (Fsp3) is 0.833. The zero-order valence-electron chi connectivity index (χ0n) is 7.98. The van der Waals surface area contributed by atoms with Crippen LogP contribution in [0.25, 0.3) is 0 Å². The maximum atomic E-state index is 11.0. The Balaban J connectivity index is 3.91. The smallest absolute Gasteiger partial charge is 0.421 e. The van der Waals surface area contributed by atoms with Crippen molar-refractivity contribution < 1.29 is 23.1 Å². The first kappa shape index (κ1) is 13.1. The monoisotopic (exact) mass is 226 g/mol. The lowest BCUT2D eigenvalue weighted by Gasteiger charge is -2.07. The van der Waals surface area contributed by atoms with Crippen LogP contribution in [0, 0.1) is 0 Å². The van der Waals surface area contributed by atoms with Gasteiger partial charge in [0.25, 0.3) is 0 Å².